The number of nitrogens with one attached hydrogen (secondary N) is 1. The van der Waals surface area contributed by atoms with Gasteiger partial charge in [0.05, 0.1) is 15.6 Å². The lowest BCUT2D eigenvalue weighted by molar-refractivity contribution is 0.601. The van der Waals surface area contributed by atoms with Crippen molar-refractivity contribution in [2.24, 2.45) is 0 Å². The molecule has 0 atom stereocenters. The topological polar surface area (TPSA) is 46.2 Å². The van der Waals surface area contributed by atoms with Crippen LogP contribution in [0.15, 0.2) is 41.3 Å². The van der Waals surface area contributed by atoms with Crippen LogP contribution in [-0.4, -0.2) is 14.7 Å². The first-order chi connectivity index (χ1) is 9.79. The first kappa shape index (κ1) is 16.1. The fourth-order valence-corrected chi connectivity index (χ4v) is 3.36. The van der Waals surface area contributed by atoms with Crippen LogP contribution in [0.3, 0.4) is 0 Å². The maximum absolute atomic E-state index is 13.0. The highest BCUT2D eigenvalue weighted by atomic mass is 35.5. The Morgan fingerprint density at radius 2 is 1.86 bits per heavy atom. The Morgan fingerprint density at radius 1 is 1.14 bits per heavy atom. The predicted molar refractivity (Wildman–Crippen MR) is 83.3 cm³/mol. The van der Waals surface area contributed by atoms with Gasteiger partial charge in [0.25, 0.3) is 0 Å². The fourth-order valence-electron chi connectivity index (χ4n) is 1.87. The van der Waals surface area contributed by atoms with E-state index in [-0.39, 0.29) is 16.5 Å². The number of hydrogen-bond donors (Lipinski definition) is 1. The van der Waals surface area contributed by atoms with Crippen molar-refractivity contribution < 1.29 is 12.8 Å². The van der Waals surface area contributed by atoms with Gasteiger partial charge in [-0.15, -0.1) is 0 Å². The van der Waals surface area contributed by atoms with Crippen molar-refractivity contribution in [1.29, 1.82) is 0 Å². The zero-order valence-corrected chi connectivity index (χ0v) is 13.4. The average Bonchev–Trinajstić information content (AvgIpc) is 2.37. The molecule has 2 rings (SSSR count). The first-order valence-electron chi connectivity index (χ1n) is 5.95. The molecule has 0 aromatic heterocycles. The van der Waals surface area contributed by atoms with Gasteiger partial charge in [-0.25, -0.2) is 12.8 Å². The lowest BCUT2D eigenvalue weighted by Gasteiger charge is -2.13. The molecule has 2 aromatic rings. The van der Waals surface area contributed by atoms with Crippen LogP contribution in [-0.2, 0) is 16.4 Å². The minimum atomic E-state index is -3.39. The van der Waals surface area contributed by atoms with Gasteiger partial charge in [-0.1, -0.05) is 29.3 Å². The third-order valence-corrected chi connectivity index (χ3v) is 4.71. The van der Waals surface area contributed by atoms with Crippen molar-refractivity contribution in [1.82, 2.24) is 0 Å². The van der Waals surface area contributed by atoms with Crippen molar-refractivity contribution >= 4 is 38.7 Å². The van der Waals surface area contributed by atoms with Crippen molar-refractivity contribution in [3.63, 3.8) is 0 Å². The second-order valence-corrected chi connectivity index (χ2v) is 7.26. The zero-order chi connectivity index (χ0) is 15.6. The predicted octanol–water partition coefficient (Wildman–Crippen LogP) is 4.15. The maximum Gasteiger partial charge on any atom is 0.175 e. The van der Waals surface area contributed by atoms with E-state index >= 15 is 0 Å². The summed E-state index contributed by atoms with van der Waals surface area (Å²) in [6.07, 6.45) is 1.12. The van der Waals surface area contributed by atoms with Gasteiger partial charge in [-0.3, -0.25) is 0 Å². The molecule has 0 radical (unpaired) electrons. The highest BCUT2D eigenvalue weighted by molar-refractivity contribution is 7.90. The van der Waals surface area contributed by atoms with E-state index in [9.17, 15) is 12.8 Å². The summed E-state index contributed by atoms with van der Waals surface area (Å²) < 4.78 is 36.5. The van der Waals surface area contributed by atoms with E-state index in [1.54, 1.807) is 12.1 Å². The van der Waals surface area contributed by atoms with Crippen LogP contribution in [0.4, 0.5) is 10.1 Å². The Hall–Kier alpha value is -1.30. The van der Waals surface area contributed by atoms with Gasteiger partial charge in [0.15, 0.2) is 9.84 Å². The molecule has 112 valence electrons. The second kappa shape index (κ2) is 6.22. The summed E-state index contributed by atoms with van der Waals surface area (Å²) in [5.74, 6) is -0.444. The number of hydrogen-bond acceptors (Lipinski definition) is 3. The summed E-state index contributed by atoms with van der Waals surface area (Å²) in [5.41, 5.74) is 0.944. The summed E-state index contributed by atoms with van der Waals surface area (Å²) in [6, 6.07) is 8.60. The first-order valence-corrected chi connectivity index (χ1v) is 8.60. The fraction of sp³-hybridized carbons (Fsp3) is 0.143. The Kier molecular flexibility index (Phi) is 4.76. The number of halogens is 3. The Bertz CT molecular complexity index is 779. The summed E-state index contributed by atoms with van der Waals surface area (Å²) in [4.78, 5) is 0.153. The van der Waals surface area contributed by atoms with Crippen molar-refractivity contribution in [2.75, 3.05) is 11.6 Å². The standard InChI is InChI=1S/C14H12Cl2FNO2S/c1-21(19,20)14-4-2-3-11(15)10(14)8-18-13-6-5-9(17)7-12(13)16/h2-7,18H,8H2,1H3. The second-order valence-electron chi connectivity index (χ2n) is 4.47. The molecule has 0 unspecified atom stereocenters. The van der Waals surface area contributed by atoms with Crippen molar-refractivity contribution in [3.8, 4) is 0 Å². The lowest BCUT2D eigenvalue weighted by atomic mass is 10.2. The van der Waals surface area contributed by atoms with Crippen LogP contribution in [0.25, 0.3) is 0 Å². The van der Waals surface area contributed by atoms with Gasteiger partial charge < -0.3 is 5.32 Å². The van der Waals surface area contributed by atoms with E-state index in [1.165, 1.54) is 24.3 Å². The largest absolute Gasteiger partial charge is 0.380 e. The van der Waals surface area contributed by atoms with Crippen LogP contribution < -0.4 is 5.32 Å². The van der Waals surface area contributed by atoms with Crippen molar-refractivity contribution in [2.45, 2.75) is 11.4 Å². The molecule has 0 bridgehead atoms. The smallest absolute Gasteiger partial charge is 0.175 e. The molecule has 0 heterocycles. The highest BCUT2D eigenvalue weighted by Crippen LogP contribution is 2.27. The van der Waals surface area contributed by atoms with E-state index in [4.69, 9.17) is 23.2 Å². The monoisotopic (exact) mass is 347 g/mol. The summed E-state index contributed by atoms with van der Waals surface area (Å²) in [6.45, 7) is 0.160. The molecule has 0 saturated heterocycles. The molecule has 0 saturated carbocycles. The Labute approximate surface area is 132 Å². The molecule has 1 N–H and O–H groups in total. The lowest BCUT2D eigenvalue weighted by Crippen LogP contribution is -2.08. The molecular formula is C14H12Cl2FNO2S. The van der Waals surface area contributed by atoms with Crippen LogP contribution in [0, 0.1) is 5.82 Å². The summed E-state index contributed by atoms with van der Waals surface area (Å²) >= 11 is 12.0. The van der Waals surface area contributed by atoms with E-state index in [0.717, 1.165) is 6.26 Å². The minimum Gasteiger partial charge on any atom is -0.380 e. The van der Waals surface area contributed by atoms with E-state index in [1.807, 2.05) is 0 Å². The molecule has 2 aromatic carbocycles. The number of anilines is 1. The number of sulfone groups is 1. The highest BCUT2D eigenvalue weighted by Gasteiger charge is 2.16. The third kappa shape index (κ3) is 3.87. The van der Waals surface area contributed by atoms with E-state index in [0.29, 0.717) is 16.3 Å². The molecule has 21 heavy (non-hydrogen) atoms. The molecule has 0 spiro atoms. The zero-order valence-electron chi connectivity index (χ0n) is 11.0. The number of benzene rings is 2. The van der Waals surface area contributed by atoms with E-state index < -0.39 is 15.7 Å². The van der Waals surface area contributed by atoms with Gasteiger partial charge in [0.1, 0.15) is 5.82 Å². The van der Waals surface area contributed by atoms with Gasteiger partial charge in [0.2, 0.25) is 0 Å². The SMILES string of the molecule is CS(=O)(=O)c1cccc(Cl)c1CNc1ccc(F)cc1Cl. The molecular weight excluding hydrogens is 336 g/mol. The molecule has 0 fully saturated rings. The normalized spacial score (nSPS) is 11.4. The molecule has 0 aliphatic carbocycles. The van der Waals surface area contributed by atoms with Crippen molar-refractivity contribution in [3.05, 3.63) is 57.8 Å². The van der Waals surface area contributed by atoms with Gasteiger partial charge in [-0.05, 0) is 30.3 Å². The Balaban J connectivity index is 2.32. The summed E-state index contributed by atoms with van der Waals surface area (Å²) in [5, 5.41) is 3.51. The molecule has 7 heteroatoms. The minimum absolute atomic E-state index is 0.153. The van der Waals surface area contributed by atoms with Crippen LogP contribution in [0.5, 0.6) is 0 Å². The van der Waals surface area contributed by atoms with Crippen LogP contribution >= 0.6 is 23.2 Å². The van der Waals surface area contributed by atoms with E-state index in [2.05, 4.69) is 5.32 Å². The van der Waals surface area contributed by atoms with Crippen LogP contribution in [0.1, 0.15) is 5.56 Å². The number of rotatable bonds is 4. The summed E-state index contributed by atoms with van der Waals surface area (Å²) in [7, 11) is -3.39. The molecule has 0 aliphatic rings. The molecule has 0 amide bonds. The molecule has 3 nitrogen and oxygen atoms in total. The van der Waals surface area contributed by atoms with Gasteiger partial charge >= 0.3 is 0 Å². The van der Waals surface area contributed by atoms with Gasteiger partial charge in [-0.2, -0.15) is 0 Å². The van der Waals surface area contributed by atoms with Gasteiger partial charge in [0, 0.05) is 23.4 Å². The maximum atomic E-state index is 13.0. The quantitative estimate of drug-likeness (QED) is 0.903. The average molecular weight is 348 g/mol. The Morgan fingerprint density at radius 3 is 2.48 bits per heavy atom. The van der Waals surface area contributed by atoms with Crippen LogP contribution in [0.2, 0.25) is 10.0 Å². The third-order valence-electron chi connectivity index (χ3n) is 2.86. The molecule has 0 aliphatic heterocycles.